The van der Waals surface area contributed by atoms with Crippen LogP contribution < -0.4 is 4.57 Å². The Labute approximate surface area is 104 Å². The summed E-state index contributed by atoms with van der Waals surface area (Å²) in [5.41, 5.74) is 5.39. The summed E-state index contributed by atoms with van der Waals surface area (Å²) in [6, 6.07) is 17.4. The largest absolute Gasteiger partial charge is 0.295 e. The lowest BCUT2D eigenvalue weighted by molar-refractivity contribution is -0.631. The molecule has 0 fully saturated rings. The van der Waals surface area contributed by atoms with Gasteiger partial charge in [-0.05, 0) is 23.6 Å². The standard InChI is InChI=1S/C16H11N2/c1-2-7-14-13(6-1)17-9-8-11-4-3-5-12-10-18(14)16(17)15(11)12/h1-9H,10H2/q+1. The predicted octanol–water partition coefficient (Wildman–Crippen LogP) is 2.89. The molecule has 0 radical (unpaired) electrons. The number of benzene rings is 2. The van der Waals surface area contributed by atoms with E-state index in [-0.39, 0.29) is 0 Å². The molecule has 1 aliphatic heterocycles. The van der Waals surface area contributed by atoms with E-state index in [9.17, 15) is 0 Å². The fraction of sp³-hybridized carbons (Fsp3) is 0.0625. The Balaban J connectivity index is 2.22. The maximum Gasteiger partial charge on any atom is 0.295 e. The van der Waals surface area contributed by atoms with E-state index in [1.54, 1.807) is 0 Å². The number of aromatic nitrogens is 2. The SMILES string of the molecule is c1cc2c3c(c1)ccn1c4ccccc4[n+](c31)C2. The zero-order valence-electron chi connectivity index (χ0n) is 9.80. The number of nitrogens with zero attached hydrogens (tertiary/aromatic N) is 2. The van der Waals surface area contributed by atoms with Crippen LogP contribution in [0.15, 0.2) is 54.7 Å². The van der Waals surface area contributed by atoms with E-state index >= 15 is 0 Å². The molecular formula is C16H11N2+. The highest BCUT2D eigenvalue weighted by Crippen LogP contribution is 2.30. The van der Waals surface area contributed by atoms with E-state index in [0.29, 0.717) is 0 Å². The van der Waals surface area contributed by atoms with Crippen LogP contribution >= 0.6 is 0 Å². The molecule has 0 saturated carbocycles. The van der Waals surface area contributed by atoms with Gasteiger partial charge in [-0.15, -0.1) is 0 Å². The number of rotatable bonds is 0. The van der Waals surface area contributed by atoms with E-state index in [1.807, 2.05) is 0 Å². The highest BCUT2D eigenvalue weighted by Gasteiger charge is 2.28. The predicted molar refractivity (Wildman–Crippen MR) is 71.7 cm³/mol. The van der Waals surface area contributed by atoms with Crippen LogP contribution in [0.2, 0.25) is 0 Å². The molecule has 0 saturated heterocycles. The molecule has 0 atom stereocenters. The minimum absolute atomic E-state index is 0.994. The third kappa shape index (κ3) is 0.819. The third-order valence-corrected chi connectivity index (χ3v) is 4.05. The average Bonchev–Trinajstić information content (AvgIpc) is 2.94. The van der Waals surface area contributed by atoms with Crippen LogP contribution in [0.25, 0.3) is 27.5 Å². The van der Waals surface area contributed by atoms with E-state index in [1.165, 1.54) is 33.0 Å². The summed E-state index contributed by atoms with van der Waals surface area (Å²) in [4.78, 5) is 0. The zero-order valence-corrected chi connectivity index (χ0v) is 9.80. The lowest BCUT2D eigenvalue weighted by Crippen LogP contribution is -2.30. The summed E-state index contributed by atoms with van der Waals surface area (Å²) >= 11 is 0. The molecule has 4 aromatic rings. The van der Waals surface area contributed by atoms with Gasteiger partial charge in [0.05, 0.1) is 11.6 Å². The van der Waals surface area contributed by atoms with Crippen molar-refractivity contribution in [2.45, 2.75) is 6.54 Å². The Morgan fingerprint density at radius 3 is 2.89 bits per heavy atom. The molecule has 0 bridgehead atoms. The van der Waals surface area contributed by atoms with Crippen LogP contribution in [0.3, 0.4) is 0 Å². The second kappa shape index (κ2) is 2.72. The molecule has 2 aromatic carbocycles. The normalized spacial score (nSPS) is 13.3. The number of fused-ring (bicyclic) bond motifs is 3. The molecule has 2 nitrogen and oxygen atoms in total. The van der Waals surface area contributed by atoms with Gasteiger partial charge >= 0.3 is 0 Å². The first-order chi connectivity index (χ1) is 8.93. The van der Waals surface area contributed by atoms with Crippen LogP contribution in [0, 0.1) is 0 Å². The van der Waals surface area contributed by atoms with Gasteiger partial charge in [0.2, 0.25) is 0 Å². The van der Waals surface area contributed by atoms with E-state index in [2.05, 4.69) is 63.7 Å². The summed E-state index contributed by atoms with van der Waals surface area (Å²) in [7, 11) is 0. The van der Waals surface area contributed by atoms with Crippen molar-refractivity contribution in [2.24, 2.45) is 0 Å². The van der Waals surface area contributed by atoms with Gasteiger partial charge in [-0.1, -0.05) is 30.3 Å². The van der Waals surface area contributed by atoms with Crippen LogP contribution in [0.5, 0.6) is 0 Å². The summed E-state index contributed by atoms with van der Waals surface area (Å²) in [6.45, 7) is 0.994. The first-order valence-electron chi connectivity index (χ1n) is 6.27. The van der Waals surface area contributed by atoms with Gasteiger partial charge in [0.15, 0.2) is 11.0 Å². The smallest absolute Gasteiger partial charge is 0.218 e. The molecule has 84 valence electrons. The first-order valence-corrected chi connectivity index (χ1v) is 6.27. The molecule has 18 heavy (non-hydrogen) atoms. The minimum Gasteiger partial charge on any atom is -0.218 e. The molecule has 2 heteroatoms. The van der Waals surface area contributed by atoms with Crippen molar-refractivity contribution >= 4 is 27.5 Å². The van der Waals surface area contributed by atoms with Crippen molar-refractivity contribution in [1.82, 2.24) is 4.40 Å². The van der Waals surface area contributed by atoms with E-state index in [4.69, 9.17) is 0 Å². The van der Waals surface area contributed by atoms with Crippen LogP contribution in [0.4, 0.5) is 0 Å². The lowest BCUT2D eigenvalue weighted by Gasteiger charge is -1.97. The van der Waals surface area contributed by atoms with E-state index in [0.717, 1.165) is 6.54 Å². The quantitative estimate of drug-likeness (QED) is 0.362. The molecular weight excluding hydrogens is 220 g/mol. The number of hydrogen-bond donors (Lipinski definition) is 0. The van der Waals surface area contributed by atoms with Gasteiger partial charge in [-0.2, -0.15) is 4.40 Å². The van der Waals surface area contributed by atoms with Crippen LogP contribution in [0.1, 0.15) is 5.56 Å². The van der Waals surface area contributed by atoms with Gasteiger partial charge in [0.1, 0.15) is 6.54 Å². The summed E-state index contributed by atoms with van der Waals surface area (Å²) in [5.74, 6) is 0. The molecule has 0 amide bonds. The fourth-order valence-electron chi connectivity index (χ4n) is 3.31. The van der Waals surface area contributed by atoms with Crippen molar-refractivity contribution in [3.05, 3.63) is 60.3 Å². The lowest BCUT2D eigenvalue weighted by atomic mass is 10.1. The second-order valence-corrected chi connectivity index (χ2v) is 4.97. The Hall–Kier alpha value is -2.35. The molecule has 2 aromatic heterocycles. The molecule has 0 unspecified atom stereocenters. The van der Waals surface area contributed by atoms with Gasteiger partial charge in [-0.25, -0.2) is 4.57 Å². The Morgan fingerprint density at radius 2 is 1.89 bits per heavy atom. The third-order valence-electron chi connectivity index (χ3n) is 4.05. The molecule has 1 aliphatic rings. The molecule has 0 aliphatic carbocycles. The van der Waals surface area contributed by atoms with Gasteiger partial charge in [-0.3, -0.25) is 0 Å². The molecule has 5 rings (SSSR count). The van der Waals surface area contributed by atoms with Crippen molar-refractivity contribution in [3.8, 4) is 0 Å². The minimum atomic E-state index is 0.994. The number of imidazole rings is 1. The number of pyridine rings is 1. The Bertz CT molecular complexity index is 947. The molecule has 3 heterocycles. The average molecular weight is 231 g/mol. The van der Waals surface area contributed by atoms with Crippen molar-refractivity contribution in [2.75, 3.05) is 0 Å². The summed E-state index contributed by atoms with van der Waals surface area (Å²) < 4.78 is 4.74. The fourth-order valence-corrected chi connectivity index (χ4v) is 3.31. The second-order valence-electron chi connectivity index (χ2n) is 4.97. The number of hydrogen-bond acceptors (Lipinski definition) is 0. The Kier molecular flexibility index (Phi) is 1.32. The van der Waals surface area contributed by atoms with Crippen molar-refractivity contribution < 1.29 is 4.57 Å². The summed E-state index contributed by atoms with van der Waals surface area (Å²) in [6.07, 6.45) is 2.19. The van der Waals surface area contributed by atoms with Gasteiger partial charge < -0.3 is 0 Å². The summed E-state index contributed by atoms with van der Waals surface area (Å²) in [5, 5.41) is 2.75. The molecule has 0 N–H and O–H groups in total. The van der Waals surface area contributed by atoms with Crippen LogP contribution in [-0.2, 0) is 6.54 Å². The highest BCUT2D eigenvalue weighted by molar-refractivity contribution is 5.99. The first kappa shape index (κ1) is 8.70. The molecule has 0 spiro atoms. The highest BCUT2D eigenvalue weighted by atomic mass is 15.1. The van der Waals surface area contributed by atoms with Crippen molar-refractivity contribution in [1.29, 1.82) is 0 Å². The topological polar surface area (TPSA) is 8.29 Å². The maximum absolute atomic E-state index is 2.42. The zero-order chi connectivity index (χ0) is 11.7. The monoisotopic (exact) mass is 231 g/mol. The van der Waals surface area contributed by atoms with Gasteiger partial charge in [0.25, 0.3) is 5.65 Å². The van der Waals surface area contributed by atoms with E-state index < -0.39 is 0 Å². The maximum atomic E-state index is 2.42. The van der Waals surface area contributed by atoms with Crippen LogP contribution in [-0.4, -0.2) is 4.40 Å². The Morgan fingerprint density at radius 1 is 0.944 bits per heavy atom. The number of para-hydroxylation sites is 2. The van der Waals surface area contributed by atoms with Gasteiger partial charge in [0, 0.05) is 5.56 Å². The van der Waals surface area contributed by atoms with Crippen molar-refractivity contribution in [3.63, 3.8) is 0 Å².